The minimum atomic E-state index is -1.53. The highest BCUT2D eigenvalue weighted by molar-refractivity contribution is 6.45. The Morgan fingerprint density at radius 1 is 1.38 bits per heavy atom. The van der Waals surface area contributed by atoms with E-state index < -0.39 is 29.2 Å². The molecule has 5 nitrogen and oxygen atoms in total. The molecule has 0 aromatic rings. The predicted molar refractivity (Wildman–Crippen MR) is 110 cm³/mol. The third-order valence-corrected chi connectivity index (χ3v) is 6.35. The molecule has 0 amide bonds. The Morgan fingerprint density at radius 2 is 2.07 bits per heavy atom. The Labute approximate surface area is 175 Å². The Hall–Kier alpha value is -2.40. The second kappa shape index (κ2) is 7.79. The van der Waals surface area contributed by atoms with E-state index in [-0.39, 0.29) is 10.8 Å². The fourth-order valence-corrected chi connectivity index (χ4v) is 4.16. The summed E-state index contributed by atoms with van der Waals surface area (Å²) in [5.74, 6) is -2.56. The normalized spacial score (nSPS) is 30.3. The van der Waals surface area contributed by atoms with E-state index in [2.05, 4.69) is 13.8 Å². The summed E-state index contributed by atoms with van der Waals surface area (Å²) in [5.41, 5.74) is -0.0794. The van der Waals surface area contributed by atoms with Crippen LogP contribution in [-0.2, 0) is 23.9 Å². The number of carbonyl (C=O) groups excluding carboxylic acids is 3. The SMILES string of the molecule is CC=C(C)C(=O)C1C(=O)OC2(C)C(=O)C(Cl)=C3C=C(C=CC(C)CC)OC=C3C12. The molecule has 1 fully saturated rings. The average molecular weight is 417 g/mol. The molecule has 4 atom stereocenters. The molecule has 4 unspecified atom stereocenters. The molecule has 0 bridgehead atoms. The van der Waals surface area contributed by atoms with Crippen molar-refractivity contribution in [2.75, 3.05) is 0 Å². The van der Waals surface area contributed by atoms with Crippen LogP contribution in [0, 0.1) is 17.8 Å². The number of fused-ring (bicyclic) bond motifs is 3. The molecule has 1 aliphatic carbocycles. The largest absolute Gasteiger partial charge is 0.465 e. The molecule has 0 radical (unpaired) electrons. The molecule has 3 aliphatic rings. The highest BCUT2D eigenvalue weighted by Gasteiger charge is 2.64. The van der Waals surface area contributed by atoms with E-state index in [9.17, 15) is 14.4 Å². The molecule has 0 spiro atoms. The third-order valence-electron chi connectivity index (χ3n) is 5.97. The van der Waals surface area contributed by atoms with Crippen LogP contribution in [0.3, 0.4) is 0 Å². The van der Waals surface area contributed by atoms with Gasteiger partial charge in [0.05, 0.1) is 17.2 Å². The highest BCUT2D eigenvalue weighted by Crippen LogP contribution is 2.52. The summed E-state index contributed by atoms with van der Waals surface area (Å²) in [5, 5.41) is -0.0172. The van der Waals surface area contributed by atoms with Crippen LogP contribution in [0.4, 0.5) is 0 Å². The standard InChI is InChI=1S/C23H25ClO5/c1-6-12(3)8-9-14-10-15-16(11-28-14)18-17(20(25)13(4)7-2)22(27)29-23(18,5)21(26)19(15)24/h7-12,17-18H,6H2,1-5H3. The monoisotopic (exact) mass is 416 g/mol. The van der Waals surface area contributed by atoms with Crippen molar-refractivity contribution in [3.63, 3.8) is 0 Å². The van der Waals surface area contributed by atoms with E-state index in [0.717, 1.165) is 6.42 Å². The number of esters is 1. The van der Waals surface area contributed by atoms with Crippen LogP contribution >= 0.6 is 11.6 Å². The molecule has 3 rings (SSSR count). The van der Waals surface area contributed by atoms with E-state index >= 15 is 0 Å². The third kappa shape index (κ3) is 3.42. The lowest BCUT2D eigenvalue weighted by Crippen LogP contribution is -2.48. The molecule has 2 aliphatic heterocycles. The summed E-state index contributed by atoms with van der Waals surface area (Å²) in [6, 6.07) is 0. The molecule has 0 aromatic carbocycles. The Kier molecular flexibility index (Phi) is 5.72. The van der Waals surface area contributed by atoms with Crippen LogP contribution in [0.5, 0.6) is 0 Å². The first-order valence-corrected chi connectivity index (χ1v) is 10.1. The van der Waals surface area contributed by atoms with Crippen LogP contribution in [-0.4, -0.2) is 23.1 Å². The molecule has 0 aromatic heterocycles. The number of ketones is 2. The summed E-state index contributed by atoms with van der Waals surface area (Å²) >= 11 is 6.39. The molecule has 29 heavy (non-hydrogen) atoms. The molecular formula is C23H25ClO5. The van der Waals surface area contributed by atoms with Crippen molar-refractivity contribution in [3.8, 4) is 0 Å². The maximum absolute atomic E-state index is 13.0. The van der Waals surface area contributed by atoms with Crippen LogP contribution in [0.2, 0.25) is 0 Å². The fourth-order valence-electron chi connectivity index (χ4n) is 3.81. The quantitative estimate of drug-likeness (QED) is 0.373. The van der Waals surface area contributed by atoms with Crippen molar-refractivity contribution < 1.29 is 23.9 Å². The second-order valence-electron chi connectivity index (χ2n) is 7.86. The van der Waals surface area contributed by atoms with Crippen molar-refractivity contribution in [1.82, 2.24) is 0 Å². The molecular weight excluding hydrogens is 392 g/mol. The first-order valence-electron chi connectivity index (χ1n) is 9.77. The van der Waals surface area contributed by atoms with Crippen molar-refractivity contribution in [3.05, 3.63) is 58.1 Å². The Bertz CT molecular complexity index is 933. The van der Waals surface area contributed by atoms with E-state index in [1.54, 1.807) is 26.0 Å². The van der Waals surface area contributed by atoms with Gasteiger partial charge in [0.25, 0.3) is 0 Å². The molecule has 0 saturated carbocycles. The summed E-state index contributed by atoms with van der Waals surface area (Å²) in [4.78, 5) is 38.6. The topological polar surface area (TPSA) is 69.7 Å². The number of carbonyl (C=O) groups is 3. The zero-order valence-electron chi connectivity index (χ0n) is 17.2. The highest BCUT2D eigenvalue weighted by atomic mass is 35.5. The van der Waals surface area contributed by atoms with Crippen molar-refractivity contribution in [2.24, 2.45) is 17.8 Å². The lowest BCUT2D eigenvalue weighted by atomic mass is 9.67. The first-order chi connectivity index (χ1) is 13.7. The smallest absolute Gasteiger partial charge is 0.318 e. The van der Waals surface area contributed by atoms with Gasteiger partial charge in [0, 0.05) is 11.1 Å². The van der Waals surface area contributed by atoms with Gasteiger partial charge in [-0.05, 0) is 44.4 Å². The molecule has 154 valence electrons. The molecule has 2 heterocycles. The number of allylic oxidation sites excluding steroid dienone is 6. The number of rotatable bonds is 5. The van der Waals surface area contributed by atoms with E-state index in [1.807, 2.05) is 12.2 Å². The first kappa shape index (κ1) is 21.3. The number of hydrogen-bond donors (Lipinski definition) is 0. The van der Waals surface area contributed by atoms with Gasteiger partial charge in [0.15, 0.2) is 11.4 Å². The number of ether oxygens (including phenoxy) is 2. The van der Waals surface area contributed by atoms with Gasteiger partial charge in [-0.2, -0.15) is 0 Å². The summed E-state index contributed by atoms with van der Waals surface area (Å²) in [7, 11) is 0. The van der Waals surface area contributed by atoms with Crippen LogP contribution in [0.1, 0.15) is 41.0 Å². The Balaban J connectivity index is 2.07. The maximum atomic E-state index is 13.0. The van der Waals surface area contributed by atoms with Gasteiger partial charge in [-0.3, -0.25) is 14.4 Å². The van der Waals surface area contributed by atoms with Gasteiger partial charge in [0.1, 0.15) is 11.7 Å². The minimum absolute atomic E-state index is 0.0172. The molecule has 6 heteroatoms. The summed E-state index contributed by atoms with van der Waals surface area (Å²) in [6.45, 7) is 9.05. The lowest BCUT2D eigenvalue weighted by molar-refractivity contribution is -0.156. The summed E-state index contributed by atoms with van der Waals surface area (Å²) in [6.07, 6.45) is 9.64. The van der Waals surface area contributed by atoms with E-state index in [1.165, 1.54) is 13.2 Å². The van der Waals surface area contributed by atoms with Gasteiger partial charge in [0.2, 0.25) is 5.78 Å². The average Bonchev–Trinajstić information content (AvgIpc) is 3.00. The van der Waals surface area contributed by atoms with E-state index in [4.69, 9.17) is 21.1 Å². The van der Waals surface area contributed by atoms with E-state index in [0.29, 0.717) is 28.4 Å². The van der Waals surface area contributed by atoms with Gasteiger partial charge >= 0.3 is 5.97 Å². The minimum Gasteiger partial charge on any atom is -0.465 e. The number of hydrogen-bond acceptors (Lipinski definition) is 5. The number of halogens is 1. The number of Topliss-reactive ketones (excluding diaryl/α,β-unsaturated/α-hetero) is 2. The van der Waals surface area contributed by atoms with Gasteiger partial charge in [-0.25, -0.2) is 0 Å². The zero-order chi connectivity index (χ0) is 21.5. The Morgan fingerprint density at radius 3 is 2.69 bits per heavy atom. The van der Waals surface area contributed by atoms with Gasteiger partial charge in [-0.1, -0.05) is 44.0 Å². The molecule has 1 saturated heterocycles. The molecule has 0 N–H and O–H groups in total. The van der Waals surface area contributed by atoms with Crippen LogP contribution in [0.25, 0.3) is 0 Å². The fraction of sp³-hybridized carbons (Fsp3) is 0.435. The van der Waals surface area contributed by atoms with Gasteiger partial charge < -0.3 is 9.47 Å². The maximum Gasteiger partial charge on any atom is 0.318 e. The van der Waals surface area contributed by atoms with Crippen LogP contribution < -0.4 is 0 Å². The zero-order valence-corrected chi connectivity index (χ0v) is 18.0. The van der Waals surface area contributed by atoms with Crippen molar-refractivity contribution in [2.45, 2.75) is 46.6 Å². The summed E-state index contributed by atoms with van der Waals surface area (Å²) < 4.78 is 11.2. The van der Waals surface area contributed by atoms with Crippen molar-refractivity contribution in [1.29, 1.82) is 0 Å². The van der Waals surface area contributed by atoms with Gasteiger partial charge in [-0.15, -0.1) is 0 Å². The lowest BCUT2D eigenvalue weighted by Gasteiger charge is -2.36. The van der Waals surface area contributed by atoms with Crippen molar-refractivity contribution >= 4 is 29.1 Å². The van der Waals surface area contributed by atoms with Crippen LogP contribution in [0.15, 0.2) is 58.1 Å². The second-order valence-corrected chi connectivity index (χ2v) is 8.24. The predicted octanol–water partition coefficient (Wildman–Crippen LogP) is 4.55.